The summed E-state index contributed by atoms with van der Waals surface area (Å²) < 4.78 is 5.74. The monoisotopic (exact) mass is 414 g/mol. The first-order valence-corrected chi connectivity index (χ1v) is 11.0. The van der Waals surface area contributed by atoms with E-state index in [9.17, 15) is 4.79 Å². The number of hydrogen-bond donors (Lipinski definition) is 1. The van der Waals surface area contributed by atoms with Crippen molar-refractivity contribution in [2.24, 2.45) is 0 Å². The van der Waals surface area contributed by atoms with Gasteiger partial charge in [0.1, 0.15) is 12.4 Å². The lowest BCUT2D eigenvalue weighted by atomic mass is 10.2. The fourth-order valence-corrected chi connectivity index (χ4v) is 3.72. The Morgan fingerprint density at radius 1 is 1.24 bits per heavy atom. The summed E-state index contributed by atoms with van der Waals surface area (Å²) in [5, 5.41) is 6.01. The van der Waals surface area contributed by atoms with Crippen molar-refractivity contribution in [1.29, 1.82) is 0 Å². The van der Waals surface area contributed by atoms with Crippen molar-refractivity contribution in [3.05, 3.63) is 52.0 Å². The normalized spacial score (nSPS) is 15.7. The number of aryl methyl sites for hydroxylation is 1. The molecule has 1 aliphatic heterocycles. The first kappa shape index (κ1) is 21.5. The highest BCUT2D eigenvalue weighted by Crippen LogP contribution is 2.16. The zero-order chi connectivity index (χ0) is 20.5. The Labute approximate surface area is 177 Å². The van der Waals surface area contributed by atoms with E-state index < -0.39 is 0 Å². The van der Waals surface area contributed by atoms with Crippen LogP contribution in [0, 0.1) is 6.92 Å². The third kappa shape index (κ3) is 7.61. The standard InChI is InChI=1S/C22H30N4O2S/c1-18-24-20(17-29-18)16-28-21-7-4-19(5-8-21)6-9-22(27)23-10-3-11-26-14-12-25(2)13-15-26/h4-9,17H,3,10-16H2,1-2H3,(H,23,27)/b9-6+. The van der Waals surface area contributed by atoms with Crippen LogP contribution in [0.5, 0.6) is 5.75 Å². The van der Waals surface area contributed by atoms with Crippen molar-refractivity contribution in [2.75, 3.05) is 46.3 Å². The van der Waals surface area contributed by atoms with E-state index in [-0.39, 0.29) is 5.91 Å². The SMILES string of the molecule is Cc1nc(COc2ccc(/C=C/C(=O)NCCCN3CCN(C)CC3)cc2)cs1. The quantitative estimate of drug-likeness (QED) is 0.505. The fraction of sp³-hybridized carbons (Fsp3) is 0.455. The zero-order valence-electron chi connectivity index (χ0n) is 17.3. The lowest BCUT2D eigenvalue weighted by Crippen LogP contribution is -2.45. The number of aromatic nitrogens is 1. The van der Waals surface area contributed by atoms with Gasteiger partial charge in [0.15, 0.2) is 0 Å². The Morgan fingerprint density at radius 2 is 2.00 bits per heavy atom. The minimum absolute atomic E-state index is 0.0531. The van der Waals surface area contributed by atoms with Gasteiger partial charge in [0, 0.05) is 44.2 Å². The zero-order valence-corrected chi connectivity index (χ0v) is 18.1. The van der Waals surface area contributed by atoms with Gasteiger partial charge in [-0.05, 0) is 50.7 Å². The van der Waals surface area contributed by atoms with E-state index in [2.05, 4.69) is 27.1 Å². The lowest BCUT2D eigenvalue weighted by Gasteiger charge is -2.32. The molecule has 1 amide bonds. The summed E-state index contributed by atoms with van der Waals surface area (Å²) >= 11 is 1.62. The topological polar surface area (TPSA) is 57.7 Å². The number of carbonyl (C=O) groups is 1. The minimum Gasteiger partial charge on any atom is -0.487 e. The number of hydrogen-bond acceptors (Lipinski definition) is 6. The third-order valence-electron chi connectivity index (χ3n) is 4.91. The van der Waals surface area contributed by atoms with Gasteiger partial charge in [0.25, 0.3) is 0 Å². The molecule has 7 heteroatoms. The molecule has 1 saturated heterocycles. The molecule has 6 nitrogen and oxygen atoms in total. The third-order valence-corrected chi connectivity index (χ3v) is 5.73. The van der Waals surface area contributed by atoms with E-state index >= 15 is 0 Å². The molecule has 0 bridgehead atoms. The maximum Gasteiger partial charge on any atom is 0.243 e. The molecule has 1 fully saturated rings. The molecule has 1 aromatic carbocycles. The van der Waals surface area contributed by atoms with Crippen LogP contribution in [0.1, 0.15) is 22.7 Å². The fourth-order valence-electron chi connectivity index (χ4n) is 3.12. The molecule has 3 rings (SSSR count). The van der Waals surface area contributed by atoms with E-state index in [0.717, 1.165) is 61.2 Å². The molecule has 1 aromatic heterocycles. The lowest BCUT2D eigenvalue weighted by molar-refractivity contribution is -0.116. The van der Waals surface area contributed by atoms with Crippen molar-refractivity contribution >= 4 is 23.3 Å². The van der Waals surface area contributed by atoms with Crippen LogP contribution in [-0.2, 0) is 11.4 Å². The summed E-state index contributed by atoms with van der Waals surface area (Å²) in [5.74, 6) is 0.740. The highest BCUT2D eigenvalue weighted by atomic mass is 32.1. The molecule has 0 atom stereocenters. The van der Waals surface area contributed by atoms with Crippen LogP contribution in [0.2, 0.25) is 0 Å². The molecule has 0 saturated carbocycles. The van der Waals surface area contributed by atoms with Crippen LogP contribution in [0.15, 0.2) is 35.7 Å². The van der Waals surface area contributed by atoms with Crippen LogP contribution in [0.25, 0.3) is 6.08 Å². The average Bonchev–Trinajstić information content (AvgIpc) is 3.15. The van der Waals surface area contributed by atoms with E-state index in [1.807, 2.05) is 42.6 Å². The Morgan fingerprint density at radius 3 is 2.69 bits per heavy atom. The van der Waals surface area contributed by atoms with Gasteiger partial charge in [-0.15, -0.1) is 11.3 Å². The van der Waals surface area contributed by atoms with Gasteiger partial charge in [0.2, 0.25) is 5.91 Å². The Balaban J connectivity index is 1.33. The molecule has 29 heavy (non-hydrogen) atoms. The molecule has 1 N–H and O–H groups in total. The van der Waals surface area contributed by atoms with Gasteiger partial charge in [-0.2, -0.15) is 0 Å². The number of likely N-dealkylation sites (N-methyl/N-ethyl adjacent to an activating group) is 1. The molecular weight excluding hydrogens is 384 g/mol. The Hall–Kier alpha value is -2.22. The maximum atomic E-state index is 12.0. The van der Waals surface area contributed by atoms with Gasteiger partial charge >= 0.3 is 0 Å². The molecule has 0 radical (unpaired) electrons. The summed E-state index contributed by atoms with van der Waals surface area (Å²) in [6.45, 7) is 8.70. The van der Waals surface area contributed by atoms with Crippen molar-refractivity contribution in [3.8, 4) is 5.75 Å². The maximum absolute atomic E-state index is 12.0. The predicted molar refractivity (Wildman–Crippen MR) is 118 cm³/mol. The summed E-state index contributed by atoms with van der Waals surface area (Å²) in [6, 6.07) is 7.71. The number of benzene rings is 1. The first-order valence-electron chi connectivity index (χ1n) is 10.1. The summed E-state index contributed by atoms with van der Waals surface area (Å²) in [6.07, 6.45) is 4.39. The van der Waals surface area contributed by atoms with Gasteiger partial charge in [-0.25, -0.2) is 4.98 Å². The molecule has 2 aromatic rings. The average molecular weight is 415 g/mol. The van der Waals surface area contributed by atoms with Gasteiger partial charge in [-0.1, -0.05) is 12.1 Å². The smallest absolute Gasteiger partial charge is 0.243 e. The second-order valence-electron chi connectivity index (χ2n) is 7.34. The molecule has 156 valence electrons. The van der Waals surface area contributed by atoms with Crippen molar-refractivity contribution in [3.63, 3.8) is 0 Å². The Kier molecular flexibility index (Phi) is 8.22. The largest absolute Gasteiger partial charge is 0.487 e. The Bertz CT molecular complexity index is 795. The number of thiazole rings is 1. The van der Waals surface area contributed by atoms with E-state index in [1.165, 1.54) is 0 Å². The number of nitrogens with zero attached hydrogens (tertiary/aromatic N) is 3. The van der Waals surface area contributed by atoms with Gasteiger partial charge in [0.05, 0.1) is 10.7 Å². The number of rotatable bonds is 9. The highest BCUT2D eigenvalue weighted by molar-refractivity contribution is 7.09. The van der Waals surface area contributed by atoms with Crippen molar-refractivity contribution < 1.29 is 9.53 Å². The molecule has 0 aliphatic carbocycles. The molecule has 0 spiro atoms. The first-order chi connectivity index (χ1) is 14.1. The van der Waals surface area contributed by atoms with Crippen LogP contribution in [0.4, 0.5) is 0 Å². The number of amides is 1. The molecule has 1 aliphatic rings. The number of piperazine rings is 1. The number of ether oxygens (including phenoxy) is 1. The van der Waals surface area contributed by atoms with Crippen LogP contribution < -0.4 is 10.1 Å². The molecule has 0 unspecified atom stereocenters. The van der Waals surface area contributed by atoms with Crippen LogP contribution >= 0.6 is 11.3 Å². The van der Waals surface area contributed by atoms with Crippen molar-refractivity contribution in [2.45, 2.75) is 20.0 Å². The summed E-state index contributed by atoms with van der Waals surface area (Å²) in [4.78, 5) is 21.2. The highest BCUT2D eigenvalue weighted by Gasteiger charge is 2.12. The van der Waals surface area contributed by atoms with Crippen LogP contribution in [-0.4, -0.2) is 67.0 Å². The second kappa shape index (κ2) is 11.1. The summed E-state index contributed by atoms with van der Waals surface area (Å²) in [7, 11) is 2.16. The van der Waals surface area contributed by atoms with E-state index in [1.54, 1.807) is 17.4 Å². The van der Waals surface area contributed by atoms with Gasteiger partial charge in [-0.3, -0.25) is 4.79 Å². The van der Waals surface area contributed by atoms with Gasteiger partial charge < -0.3 is 19.9 Å². The number of carbonyl (C=O) groups excluding carboxylic acids is 1. The summed E-state index contributed by atoms with van der Waals surface area (Å²) in [5.41, 5.74) is 1.91. The van der Waals surface area contributed by atoms with E-state index in [0.29, 0.717) is 13.2 Å². The van der Waals surface area contributed by atoms with Crippen LogP contribution in [0.3, 0.4) is 0 Å². The molecule has 2 heterocycles. The van der Waals surface area contributed by atoms with Crippen molar-refractivity contribution in [1.82, 2.24) is 20.1 Å². The molecular formula is C22H30N4O2S. The number of nitrogens with one attached hydrogen (secondary N) is 1. The predicted octanol–water partition coefficient (Wildman–Crippen LogP) is 2.80. The minimum atomic E-state index is -0.0531. The second-order valence-corrected chi connectivity index (χ2v) is 8.40. The van der Waals surface area contributed by atoms with E-state index in [4.69, 9.17) is 4.74 Å².